The second-order valence-electron chi connectivity index (χ2n) is 9.40. The first-order chi connectivity index (χ1) is 15.3. The van der Waals surface area contributed by atoms with Gasteiger partial charge in [-0.2, -0.15) is 13.9 Å². The van der Waals surface area contributed by atoms with E-state index >= 15 is 0 Å². The number of anilines is 1. The number of alkyl halides is 2. The Morgan fingerprint density at radius 2 is 2.16 bits per heavy atom. The summed E-state index contributed by atoms with van der Waals surface area (Å²) >= 11 is 0. The zero-order valence-electron chi connectivity index (χ0n) is 17.6. The van der Waals surface area contributed by atoms with Crippen LogP contribution in [-0.4, -0.2) is 43.4 Å². The number of imidazole rings is 1. The van der Waals surface area contributed by atoms with Gasteiger partial charge in [-0.3, -0.25) is 4.79 Å². The number of nitrogens with zero attached hydrogens (tertiary/aromatic N) is 4. The molecule has 2 saturated carbocycles. The van der Waals surface area contributed by atoms with E-state index in [4.69, 9.17) is 14.5 Å². The SMILES string of the molecule is CC12CC(c3cn4cc(C(=O)Nc5ccn(C(F)F)n5)c(OC5CCC5)cc4n3)(CO1)C2. The summed E-state index contributed by atoms with van der Waals surface area (Å²) in [5, 5.41) is 6.29. The molecule has 4 fully saturated rings. The molecule has 5 heterocycles. The van der Waals surface area contributed by atoms with Crippen molar-refractivity contribution < 1.29 is 23.0 Å². The smallest absolute Gasteiger partial charge is 0.333 e. The molecule has 1 N–H and O–H groups in total. The number of amides is 1. The number of rotatable bonds is 6. The minimum absolute atomic E-state index is 0.0482. The van der Waals surface area contributed by atoms with Crippen LogP contribution < -0.4 is 10.1 Å². The highest BCUT2D eigenvalue weighted by Gasteiger charge is 2.61. The lowest BCUT2D eigenvalue weighted by molar-refractivity contribution is 0.0154. The lowest BCUT2D eigenvalue weighted by Gasteiger charge is -2.41. The molecule has 7 rings (SSSR count). The van der Waals surface area contributed by atoms with Crippen molar-refractivity contribution in [3.63, 3.8) is 0 Å². The monoisotopic (exact) mass is 443 g/mol. The fourth-order valence-corrected chi connectivity index (χ4v) is 5.06. The maximum atomic E-state index is 13.0. The molecule has 0 unspecified atom stereocenters. The fourth-order valence-electron chi connectivity index (χ4n) is 5.06. The minimum atomic E-state index is -2.77. The van der Waals surface area contributed by atoms with Crippen molar-refractivity contribution in [3.8, 4) is 5.75 Å². The number of hydrogen-bond donors (Lipinski definition) is 1. The van der Waals surface area contributed by atoms with E-state index in [9.17, 15) is 13.6 Å². The lowest BCUT2D eigenvalue weighted by atomic mass is 9.62. The first kappa shape index (κ1) is 19.7. The Morgan fingerprint density at radius 1 is 1.34 bits per heavy atom. The molecular formula is C22H23F2N5O3. The molecule has 4 aliphatic rings. The molecule has 2 saturated heterocycles. The van der Waals surface area contributed by atoms with Crippen molar-refractivity contribution in [2.75, 3.05) is 11.9 Å². The van der Waals surface area contributed by atoms with Crippen molar-refractivity contribution in [3.05, 3.63) is 42.0 Å². The molecule has 168 valence electrons. The number of carbonyl (C=O) groups is 1. The molecule has 2 aliphatic heterocycles. The summed E-state index contributed by atoms with van der Waals surface area (Å²) in [5.74, 6) is 0.00499. The molecule has 2 bridgehead atoms. The summed E-state index contributed by atoms with van der Waals surface area (Å²) in [4.78, 5) is 17.9. The molecule has 0 atom stereocenters. The number of fused-ring (bicyclic) bond motifs is 2. The van der Waals surface area contributed by atoms with E-state index in [0.29, 0.717) is 28.2 Å². The van der Waals surface area contributed by atoms with Gasteiger partial charge in [-0.25, -0.2) is 9.67 Å². The Morgan fingerprint density at radius 3 is 2.78 bits per heavy atom. The Balaban J connectivity index is 1.34. The number of carbonyl (C=O) groups excluding carboxylic acids is 1. The third kappa shape index (κ3) is 3.08. The van der Waals surface area contributed by atoms with Crippen molar-refractivity contribution in [2.45, 2.75) is 62.7 Å². The lowest BCUT2D eigenvalue weighted by Crippen LogP contribution is -2.45. The quantitative estimate of drug-likeness (QED) is 0.624. The summed E-state index contributed by atoms with van der Waals surface area (Å²) in [6.45, 7) is 0.00112. The highest BCUT2D eigenvalue weighted by Crippen LogP contribution is 2.58. The zero-order chi connectivity index (χ0) is 22.1. The first-order valence-electron chi connectivity index (χ1n) is 10.8. The van der Waals surface area contributed by atoms with Gasteiger partial charge >= 0.3 is 6.55 Å². The number of ether oxygens (including phenoxy) is 2. The average Bonchev–Trinajstić information content (AvgIpc) is 3.45. The van der Waals surface area contributed by atoms with Crippen LogP contribution in [0.15, 0.2) is 30.7 Å². The number of halogens is 2. The average molecular weight is 443 g/mol. The summed E-state index contributed by atoms with van der Waals surface area (Å²) in [6.07, 6.45) is 9.65. The summed E-state index contributed by atoms with van der Waals surface area (Å²) in [5.41, 5.74) is 1.83. The largest absolute Gasteiger partial charge is 0.489 e. The van der Waals surface area contributed by atoms with E-state index in [-0.39, 0.29) is 22.9 Å². The number of pyridine rings is 1. The summed E-state index contributed by atoms with van der Waals surface area (Å²) in [7, 11) is 0. The zero-order valence-corrected chi connectivity index (χ0v) is 17.6. The van der Waals surface area contributed by atoms with E-state index < -0.39 is 12.5 Å². The van der Waals surface area contributed by atoms with Gasteiger partial charge in [-0.15, -0.1) is 0 Å². The molecule has 0 aromatic carbocycles. The third-order valence-corrected chi connectivity index (χ3v) is 6.86. The molecule has 32 heavy (non-hydrogen) atoms. The Hall–Kier alpha value is -3.01. The van der Waals surface area contributed by atoms with Gasteiger partial charge in [-0.05, 0) is 39.0 Å². The van der Waals surface area contributed by atoms with Gasteiger partial charge in [0.15, 0.2) is 5.82 Å². The Bertz CT molecular complexity index is 1210. The molecule has 10 heteroatoms. The van der Waals surface area contributed by atoms with Crippen molar-refractivity contribution in [1.82, 2.24) is 19.2 Å². The van der Waals surface area contributed by atoms with Crippen LogP contribution >= 0.6 is 0 Å². The first-order valence-corrected chi connectivity index (χ1v) is 10.8. The van der Waals surface area contributed by atoms with Gasteiger partial charge < -0.3 is 19.2 Å². The predicted molar refractivity (Wildman–Crippen MR) is 110 cm³/mol. The molecular weight excluding hydrogens is 420 g/mol. The highest BCUT2D eigenvalue weighted by atomic mass is 19.3. The van der Waals surface area contributed by atoms with Gasteiger partial charge in [0.25, 0.3) is 5.91 Å². The van der Waals surface area contributed by atoms with E-state index in [1.54, 1.807) is 12.3 Å². The second-order valence-corrected chi connectivity index (χ2v) is 9.40. The van der Waals surface area contributed by atoms with Gasteiger partial charge in [0.05, 0.1) is 29.6 Å². The minimum Gasteiger partial charge on any atom is -0.489 e. The normalized spacial score (nSPS) is 26.9. The van der Waals surface area contributed by atoms with Crippen LogP contribution in [0.4, 0.5) is 14.6 Å². The van der Waals surface area contributed by atoms with E-state index in [1.165, 1.54) is 6.07 Å². The standard InChI is InChI=1S/C22H23F2N5O3/c1-21-10-22(11-21,12-31-21)16-9-28-8-14(15(7-18(28)25-16)32-13-3-2-4-13)19(30)26-17-5-6-29(27-17)20(23)24/h5-9,13,20H,2-4,10-12H2,1H3,(H,26,27,30). The highest BCUT2D eigenvalue weighted by molar-refractivity contribution is 6.05. The number of hydrogen-bond acceptors (Lipinski definition) is 5. The van der Waals surface area contributed by atoms with Crippen LogP contribution in [0.3, 0.4) is 0 Å². The number of aromatic nitrogens is 4. The fraction of sp³-hybridized carbons (Fsp3) is 0.500. The molecule has 0 radical (unpaired) electrons. The van der Waals surface area contributed by atoms with Crippen LogP contribution in [0, 0.1) is 0 Å². The second kappa shape index (κ2) is 6.74. The van der Waals surface area contributed by atoms with Crippen molar-refractivity contribution >= 4 is 17.4 Å². The van der Waals surface area contributed by atoms with Gasteiger partial charge in [0.2, 0.25) is 0 Å². The van der Waals surface area contributed by atoms with Crippen LogP contribution in [0.25, 0.3) is 5.65 Å². The summed E-state index contributed by atoms with van der Waals surface area (Å²) in [6, 6.07) is 3.11. The van der Waals surface area contributed by atoms with E-state index in [1.807, 2.05) is 10.6 Å². The number of nitrogens with one attached hydrogen (secondary N) is 1. The van der Waals surface area contributed by atoms with E-state index in [0.717, 1.165) is 44.0 Å². The van der Waals surface area contributed by atoms with Gasteiger partial charge in [0.1, 0.15) is 11.4 Å². The van der Waals surface area contributed by atoms with Gasteiger partial charge in [-0.1, -0.05) is 0 Å². The molecule has 1 amide bonds. The van der Waals surface area contributed by atoms with Crippen LogP contribution in [0.1, 0.15) is 61.6 Å². The van der Waals surface area contributed by atoms with E-state index in [2.05, 4.69) is 17.3 Å². The summed E-state index contributed by atoms with van der Waals surface area (Å²) < 4.78 is 39.9. The third-order valence-electron chi connectivity index (χ3n) is 6.86. The molecule has 3 aromatic heterocycles. The molecule has 8 nitrogen and oxygen atoms in total. The molecule has 3 aromatic rings. The maximum absolute atomic E-state index is 13.0. The van der Waals surface area contributed by atoms with Crippen molar-refractivity contribution in [1.29, 1.82) is 0 Å². The topological polar surface area (TPSA) is 82.7 Å². The van der Waals surface area contributed by atoms with Crippen LogP contribution in [0.5, 0.6) is 5.75 Å². The van der Waals surface area contributed by atoms with Crippen molar-refractivity contribution in [2.24, 2.45) is 0 Å². The molecule has 0 spiro atoms. The predicted octanol–water partition coefficient (Wildman–Crippen LogP) is 3.93. The Labute approximate surface area is 182 Å². The van der Waals surface area contributed by atoms with Crippen LogP contribution in [-0.2, 0) is 10.2 Å². The Kier molecular flexibility index (Phi) is 4.14. The maximum Gasteiger partial charge on any atom is 0.333 e. The van der Waals surface area contributed by atoms with Crippen LogP contribution in [0.2, 0.25) is 0 Å². The van der Waals surface area contributed by atoms with Gasteiger partial charge in [0, 0.05) is 36.1 Å². The molecule has 2 aliphatic carbocycles.